The van der Waals surface area contributed by atoms with Crippen LogP contribution in [0.1, 0.15) is 83.1 Å². The van der Waals surface area contributed by atoms with E-state index >= 15 is 0 Å². The molecule has 2 aromatic rings. The van der Waals surface area contributed by atoms with E-state index in [-0.39, 0.29) is 33.6 Å². The Kier molecular flexibility index (Phi) is 5.68. The monoisotopic (exact) mass is 480 g/mol. The van der Waals surface area contributed by atoms with Gasteiger partial charge in [0.25, 0.3) is 0 Å². The fourth-order valence-electron chi connectivity index (χ4n) is 4.82. The average Bonchev–Trinajstić information content (AvgIpc) is 3.12. The minimum atomic E-state index is -1.38. The van der Waals surface area contributed by atoms with E-state index in [9.17, 15) is 34.3 Å². The van der Waals surface area contributed by atoms with Crippen LogP contribution in [0.25, 0.3) is 0 Å². The van der Waals surface area contributed by atoms with Crippen molar-refractivity contribution in [1.82, 2.24) is 4.57 Å². The van der Waals surface area contributed by atoms with E-state index < -0.39 is 59.5 Å². The number of aromatic hydroxyl groups is 1. The molecule has 2 aliphatic carbocycles. The minimum absolute atomic E-state index is 0.0520. The molecule has 0 saturated heterocycles. The summed E-state index contributed by atoms with van der Waals surface area (Å²) >= 11 is 0. The highest BCUT2D eigenvalue weighted by molar-refractivity contribution is 6.29. The zero-order valence-electron chi connectivity index (χ0n) is 19.1. The van der Waals surface area contributed by atoms with Gasteiger partial charge in [0.1, 0.15) is 23.7 Å². The summed E-state index contributed by atoms with van der Waals surface area (Å²) in [5.41, 5.74) is -1.15. The van der Waals surface area contributed by atoms with Gasteiger partial charge < -0.3 is 19.3 Å². The van der Waals surface area contributed by atoms with E-state index in [4.69, 9.17) is 14.2 Å². The SMILES string of the molecule is CC(=O)O[C@H]1[C@@H](C)[C@H](OC(C)=O)c2c(c3c(n2C#N)C(=O)c2c(O)cccc2C3=O)[C@@H]1OC(C)=O. The Morgan fingerprint density at radius 1 is 0.943 bits per heavy atom. The summed E-state index contributed by atoms with van der Waals surface area (Å²) in [6.45, 7) is 4.94. The molecule has 0 amide bonds. The number of aromatic nitrogens is 1. The number of phenols is 1. The molecule has 0 fully saturated rings. The molecule has 1 N–H and O–H groups in total. The van der Waals surface area contributed by atoms with Crippen molar-refractivity contribution < 1.29 is 43.3 Å². The molecule has 0 unspecified atom stereocenters. The maximum atomic E-state index is 13.6. The standard InChI is InChI=1S/C24H20N2O9/c1-9-22(33-10(2)27)19-17(24(35-12(4)29)23(9)34-11(3)28)16-18(26(19)8-25)21(32)15-13(20(16)31)6-5-7-14(15)30/h5-7,9,22-24,30H,1-4H3/t9-,22-,23-,24-/m0/s1. The van der Waals surface area contributed by atoms with E-state index in [1.807, 2.05) is 6.19 Å². The topological polar surface area (TPSA) is 162 Å². The Hall–Kier alpha value is -4.46. The van der Waals surface area contributed by atoms with Crippen LogP contribution in [0.5, 0.6) is 5.75 Å². The highest BCUT2D eigenvalue weighted by Gasteiger charge is 2.53. The Bertz CT molecular complexity index is 1360. The summed E-state index contributed by atoms with van der Waals surface area (Å²) in [5.74, 6) is -5.06. The van der Waals surface area contributed by atoms with E-state index in [1.54, 1.807) is 6.92 Å². The fourth-order valence-corrected chi connectivity index (χ4v) is 4.82. The molecule has 11 heteroatoms. The van der Waals surface area contributed by atoms with Crippen LogP contribution in [0, 0.1) is 17.4 Å². The fraction of sp³-hybridized carbons (Fsp3) is 0.333. The van der Waals surface area contributed by atoms with Crippen LogP contribution >= 0.6 is 0 Å². The van der Waals surface area contributed by atoms with Crippen molar-refractivity contribution in [3.63, 3.8) is 0 Å². The van der Waals surface area contributed by atoms with E-state index in [1.165, 1.54) is 18.2 Å². The van der Waals surface area contributed by atoms with Gasteiger partial charge in [-0.25, -0.2) is 4.57 Å². The molecule has 0 spiro atoms. The number of hydrogen-bond acceptors (Lipinski definition) is 10. The maximum absolute atomic E-state index is 13.6. The first-order chi connectivity index (χ1) is 16.5. The van der Waals surface area contributed by atoms with Gasteiger partial charge in [0, 0.05) is 37.8 Å². The maximum Gasteiger partial charge on any atom is 0.303 e. The van der Waals surface area contributed by atoms with E-state index in [0.29, 0.717) is 0 Å². The second-order valence-electron chi connectivity index (χ2n) is 8.31. The summed E-state index contributed by atoms with van der Waals surface area (Å²) < 4.78 is 17.2. The number of ether oxygens (including phenoxy) is 3. The van der Waals surface area contributed by atoms with Gasteiger partial charge in [-0.1, -0.05) is 19.1 Å². The number of carbonyl (C=O) groups is 5. The molecule has 11 nitrogen and oxygen atoms in total. The van der Waals surface area contributed by atoms with Crippen molar-refractivity contribution in [2.45, 2.75) is 46.0 Å². The quantitative estimate of drug-likeness (QED) is 0.434. The van der Waals surface area contributed by atoms with Crippen molar-refractivity contribution in [3.8, 4) is 11.9 Å². The molecule has 180 valence electrons. The Balaban J connectivity index is 2.11. The van der Waals surface area contributed by atoms with Crippen LogP contribution in [0.4, 0.5) is 0 Å². The summed E-state index contributed by atoms with van der Waals surface area (Å²) in [5, 5.41) is 20.3. The molecule has 4 atom stereocenters. The zero-order chi connectivity index (χ0) is 25.8. The number of nitrogens with zero attached hydrogens (tertiary/aromatic N) is 2. The highest BCUT2D eigenvalue weighted by Crippen LogP contribution is 2.50. The first-order valence-corrected chi connectivity index (χ1v) is 10.6. The molecule has 1 aromatic carbocycles. The number of phenolic OH excluding ortho intramolecular Hbond substituents is 1. The van der Waals surface area contributed by atoms with Gasteiger partial charge in [0.15, 0.2) is 18.1 Å². The number of benzene rings is 1. The first kappa shape index (κ1) is 23.7. The van der Waals surface area contributed by atoms with Gasteiger partial charge in [0.2, 0.25) is 5.78 Å². The molecule has 35 heavy (non-hydrogen) atoms. The van der Waals surface area contributed by atoms with Gasteiger partial charge in [-0.05, 0) is 6.07 Å². The number of rotatable bonds is 3. The third-order valence-corrected chi connectivity index (χ3v) is 6.04. The number of esters is 3. The first-order valence-electron chi connectivity index (χ1n) is 10.6. The van der Waals surface area contributed by atoms with Gasteiger partial charge in [0.05, 0.1) is 16.8 Å². The largest absolute Gasteiger partial charge is 0.507 e. The van der Waals surface area contributed by atoms with Crippen molar-refractivity contribution >= 4 is 29.5 Å². The van der Waals surface area contributed by atoms with E-state index in [2.05, 4.69) is 0 Å². The van der Waals surface area contributed by atoms with Crippen molar-refractivity contribution in [3.05, 3.63) is 51.8 Å². The van der Waals surface area contributed by atoms with Crippen molar-refractivity contribution in [2.24, 2.45) is 5.92 Å². The molecular formula is C24H20N2O9. The van der Waals surface area contributed by atoms with Gasteiger partial charge in [-0.2, -0.15) is 5.26 Å². The lowest BCUT2D eigenvalue weighted by Gasteiger charge is -2.39. The van der Waals surface area contributed by atoms with Gasteiger partial charge >= 0.3 is 17.9 Å². The smallest absolute Gasteiger partial charge is 0.303 e. The third kappa shape index (κ3) is 3.54. The Morgan fingerprint density at radius 2 is 1.54 bits per heavy atom. The lowest BCUT2D eigenvalue weighted by molar-refractivity contribution is -0.182. The van der Waals surface area contributed by atoms with Crippen molar-refractivity contribution in [2.75, 3.05) is 0 Å². The van der Waals surface area contributed by atoms with E-state index in [0.717, 1.165) is 25.3 Å². The van der Waals surface area contributed by atoms with Gasteiger partial charge in [-0.15, -0.1) is 0 Å². The lowest BCUT2D eigenvalue weighted by atomic mass is 9.77. The van der Waals surface area contributed by atoms with Crippen LogP contribution in [0.3, 0.4) is 0 Å². The Morgan fingerprint density at radius 3 is 2.11 bits per heavy atom. The number of ketones is 2. The predicted octanol–water partition coefficient (Wildman–Crippen LogP) is 2.09. The second kappa shape index (κ2) is 8.39. The summed E-state index contributed by atoms with van der Waals surface area (Å²) in [7, 11) is 0. The molecule has 0 saturated carbocycles. The molecule has 2 aliphatic rings. The molecule has 0 aliphatic heterocycles. The Labute approximate surface area is 198 Å². The second-order valence-corrected chi connectivity index (χ2v) is 8.31. The molecule has 1 aromatic heterocycles. The molecular weight excluding hydrogens is 460 g/mol. The van der Waals surface area contributed by atoms with Crippen LogP contribution in [0.2, 0.25) is 0 Å². The third-order valence-electron chi connectivity index (χ3n) is 6.04. The summed E-state index contributed by atoms with van der Waals surface area (Å²) in [6.07, 6.45) is -1.99. The zero-order valence-corrected chi connectivity index (χ0v) is 19.1. The van der Waals surface area contributed by atoms with Crippen LogP contribution in [0.15, 0.2) is 18.2 Å². The number of carbonyl (C=O) groups excluding carboxylic acids is 5. The molecule has 0 radical (unpaired) electrons. The van der Waals surface area contributed by atoms with Crippen LogP contribution in [-0.2, 0) is 28.6 Å². The molecule has 1 heterocycles. The van der Waals surface area contributed by atoms with Crippen LogP contribution < -0.4 is 0 Å². The number of hydrogen-bond donors (Lipinski definition) is 1. The highest BCUT2D eigenvalue weighted by atomic mass is 16.6. The normalized spacial score (nSPS) is 22.3. The molecule has 0 bridgehead atoms. The number of nitriles is 1. The summed E-state index contributed by atoms with van der Waals surface area (Å²) in [4.78, 5) is 63.1. The average molecular weight is 480 g/mol. The van der Waals surface area contributed by atoms with Gasteiger partial charge in [-0.3, -0.25) is 24.0 Å². The van der Waals surface area contributed by atoms with Crippen molar-refractivity contribution in [1.29, 1.82) is 5.26 Å². The molecule has 4 rings (SSSR count). The number of fused-ring (bicyclic) bond motifs is 4. The minimum Gasteiger partial charge on any atom is -0.507 e. The van der Waals surface area contributed by atoms with Crippen LogP contribution in [-0.4, -0.2) is 45.3 Å². The predicted molar refractivity (Wildman–Crippen MR) is 114 cm³/mol. The lowest BCUT2D eigenvalue weighted by Crippen LogP contribution is -2.42. The summed E-state index contributed by atoms with van der Waals surface area (Å²) in [6, 6.07) is 3.96.